The van der Waals surface area contributed by atoms with Gasteiger partial charge in [-0.05, 0) is 5.92 Å². The van der Waals surface area contributed by atoms with Gasteiger partial charge in [-0.1, -0.05) is 13.8 Å². The molecule has 0 aliphatic carbocycles. The van der Waals surface area contributed by atoms with Crippen molar-refractivity contribution in [1.29, 1.82) is 0 Å². The molecule has 0 bridgehead atoms. The molecule has 3 heteroatoms. The van der Waals surface area contributed by atoms with E-state index in [1.54, 1.807) is 0 Å². The summed E-state index contributed by atoms with van der Waals surface area (Å²) in [7, 11) is 0. The molecule has 0 aromatic carbocycles. The molecule has 48 valence electrons. The summed E-state index contributed by atoms with van der Waals surface area (Å²) in [6.07, 6.45) is -1.45. The largest absolute Gasteiger partial charge is 0.549 e. The van der Waals surface area contributed by atoms with Gasteiger partial charge in [-0.3, -0.25) is 0 Å². The van der Waals surface area contributed by atoms with Crippen LogP contribution < -0.4 is 5.11 Å². The summed E-state index contributed by atoms with van der Waals surface area (Å²) in [4.78, 5) is 9.57. The fourth-order valence-corrected chi connectivity index (χ4v) is 0.235. The number of rotatable bonds is 2. The summed E-state index contributed by atoms with van der Waals surface area (Å²) in [5.41, 5.74) is 0. The maximum Gasteiger partial charge on any atom is 0.251 e. The average molecular weight is 117 g/mol. The fourth-order valence-electron chi connectivity index (χ4n) is 0.235. The first-order valence-corrected chi connectivity index (χ1v) is 2.46. The summed E-state index contributed by atoms with van der Waals surface area (Å²) in [5, 5.41) is 9.57. The zero-order chi connectivity index (χ0) is 6.57. The Kier molecular flexibility index (Phi) is 2.99. The number of carboxylic acid groups (broad SMARTS) is 1. The van der Waals surface area contributed by atoms with E-state index in [2.05, 4.69) is 4.74 Å². The molecule has 0 aromatic heterocycles. The number of hydrogen-bond acceptors (Lipinski definition) is 3. The highest BCUT2D eigenvalue weighted by Gasteiger charge is 1.88. The van der Waals surface area contributed by atoms with Crippen LogP contribution in [0.2, 0.25) is 0 Å². The number of carbonyl (C=O) groups excluding carboxylic acids is 1. The minimum absolute atomic E-state index is 0.225. The lowest BCUT2D eigenvalue weighted by molar-refractivity contribution is -0.283. The van der Waals surface area contributed by atoms with Crippen molar-refractivity contribution in [3.05, 3.63) is 0 Å². The van der Waals surface area contributed by atoms with E-state index in [4.69, 9.17) is 0 Å². The number of carbonyl (C=O) groups is 1. The Hall–Kier alpha value is -0.730. The van der Waals surface area contributed by atoms with E-state index in [1.165, 1.54) is 0 Å². The van der Waals surface area contributed by atoms with Gasteiger partial charge in [0.25, 0.3) is 6.16 Å². The topological polar surface area (TPSA) is 49.4 Å². The Morgan fingerprint density at radius 3 is 2.38 bits per heavy atom. The molecule has 0 radical (unpaired) electrons. The molecule has 0 N–H and O–H groups in total. The first kappa shape index (κ1) is 7.27. The van der Waals surface area contributed by atoms with Crippen LogP contribution in [-0.4, -0.2) is 12.8 Å². The normalized spacial score (nSPS) is 9.38. The second kappa shape index (κ2) is 3.29. The highest BCUT2D eigenvalue weighted by Crippen LogP contribution is 1.90. The maximum atomic E-state index is 9.57. The smallest absolute Gasteiger partial charge is 0.251 e. The quantitative estimate of drug-likeness (QED) is 0.478. The van der Waals surface area contributed by atoms with Crippen molar-refractivity contribution in [2.75, 3.05) is 6.61 Å². The van der Waals surface area contributed by atoms with E-state index in [-0.39, 0.29) is 12.5 Å². The molecule has 0 heterocycles. The molecule has 0 fully saturated rings. The Labute approximate surface area is 48.3 Å². The second-order valence-corrected chi connectivity index (χ2v) is 1.95. The standard InChI is InChI=1S/C5H10O3/c1-4(2)3-8-5(6)7/h4H,3H2,1-2H3,(H,6,7)/p-1. The third kappa shape index (κ3) is 5.27. The molecule has 0 aliphatic heterocycles. The van der Waals surface area contributed by atoms with Gasteiger partial charge in [0.05, 0.1) is 0 Å². The Bertz CT molecular complexity index is 77.7. The van der Waals surface area contributed by atoms with E-state index in [0.717, 1.165) is 0 Å². The van der Waals surface area contributed by atoms with Gasteiger partial charge in [0.15, 0.2) is 0 Å². The monoisotopic (exact) mass is 117 g/mol. The van der Waals surface area contributed by atoms with Crippen molar-refractivity contribution in [2.24, 2.45) is 5.92 Å². The third-order valence-electron chi connectivity index (χ3n) is 0.535. The lowest BCUT2D eigenvalue weighted by atomic mass is 10.2. The second-order valence-electron chi connectivity index (χ2n) is 1.95. The van der Waals surface area contributed by atoms with Crippen LogP contribution in [0.3, 0.4) is 0 Å². The summed E-state index contributed by atoms with van der Waals surface area (Å²) in [6, 6.07) is 0. The van der Waals surface area contributed by atoms with Crippen LogP contribution in [0.5, 0.6) is 0 Å². The van der Waals surface area contributed by atoms with Gasteiger partial charge < -0.3 is 14.6 Å². The zero-order valence-electron chi connectivity index (χ0n) is 5.01. The fraction of sp³-hybridized carbons (Fsp3) is 0.800. The Balaban J connectivity index is 3.05. The van der Waals surface area contributed by atoms with Crippen molar-refractivity contribution in [3.63, 3.8) is 0 Å². The highest BCUT2D eigenvalue weighted by molar-refractivity contribution is 5.53. The summed E-state index contributed by atoms with van der Waals surface area (Å²) >= 11 is 0. The molecular formula is C5H9O3-. The van der Waals surface area contributed by atoms with Crippen molar-refractivity contribution < 1.29 is 14.6 Å². The predicted octanol–water partition coefficient (Wildman–Crippen LogP) is 0.00230. The van der Waals surface area contributed by atoms with E-state index in [0.29, 0.717) is 0 Å². The van der Waals surface area contributed by atoms with Gasteiger partial charge in [0.2, 0.25) is 0 Å². The van der Waals surface area contributed by atoms with Crippen molar-refractivity contribution >= 4 is 6.16 Å². The molecule has 0 saturated heterocycles. The van der Waals surface area contributed by atoms with E-state index in [1.807, 2.05) is 13.8 Å². The van der Waals surface area contributed by atoms with Gasteiger partial charge >= 0.3 is 0 Å². The minimum atomic E-state index is -1.45. The lowest BCUT2D eigenvalue weighted by Crippen LogP contribution is -2.25. The number of ether oxygens (including phenoxy) is 1. The lowest BCUT2D eigenvalue weighted by Gasteiger charge is -2.09. The molecule has 8 heavy (non-hydrogen) atoms. The van der Waals surface area contributed by atoms with E-state index >= 15 is 0 Å². The predicted molar refractivity (Wildman–Crippen MR) is 26.2 cm³/mol. The van der Waals surface area contributed by atoms with Crippen molar-refractivity contribution in [3.8, 4) is 0 Å². The molecule has 0 aromatic rings. The molecule has 0 unspecified atom stereocenters. The average Bonchev–Trinajstić information content (AvgIpc) is 1.61. The van der Waals surface area contributed by atoms with E-state index < -0.39 is 6.16 Å². The van der Waals surface area contributed by atoms with Crippen LogP contribution in [0.15, 0.2) is 0 Å². The first-order valence-electron chi connectivity index (χ1n) is 2.46. The molecule has 0 amide bonds. The van der Waals surface area contributed by atoms with Gasteiger partial charge in [-0.2, -0.15) is 0 Å². The van der Waals surface area contributed by atoms with Crippen molar-refractivity contribution in [2.45, 2.75) is 13.8 Å². The Morgan fingerprint density at radius 2 is 2.25 bits per heavy atom. The van der Waals surface area contributed by atoms with Crippen LogP contribution in [0.25, 0.3) is 0 Å². The van der Waals surface area contributed by atoms with Gasteiger partial charge in [0.1, 0.15) is 0 Å². The van der Waals surface area contributed by atoms with Crippen LogP contribution >= 0.6 is 0 Å². The van der Waals surface area contributed by atoms with Gasteiger partial charge in [0, 0.05) is 6.61 Å². The molecule has 3 nitrogen and oxygen atoms in total. The molecule has 0 atom stereocenters. The van der Waals surface area contributed by atoms with Crippen LogP contribution in [-0.2, 0) is 4.74 Å². The minimum Gasteiger partial charge on any atom is -0.549 e. The molecular weight excluding hydrogens is 108 g/mol. The molecule has 0 spiro atoms. The molecule has 0 rings (SSSR count). The zero-order valence-corrected chi connectivity index (χ0v) is 5.01. The van der Waals surface area contributed by atoms with Crippen LogP contribution in [0.1, 0.15) is 13.8 Å². The third-order valence-corrected chi connectivity index (χ3v) is 0.535. The van der Waals surface area contributed by atoms with Crippen LogP contribution in [0.4, 0.5) is 4.79 Å². The summed E-state index contributed by atoms with van der Waals surface area (Å²) in [6.45, 7) is 3.95. The number of hydrogen-bond donors (Lipinski definition) is 0. The van der Waals surface area contributed by atoms with Crippen molar-refractivity contribution in [1.82, 2.24) is 0 Å². The SMILES string of the molecule is CC(C)COC(=O)[O-]. The first-order chi connectivity index (χ1) is 3.63. The maximum absolute atomic E-state index is 9.57. The molecule has 0 aliphatic rings. The van der Waals surface area contributed by atoms with Gasteiger partial charge in [-0.25, -0.2) is 0 Å². The van der Waals surface area contributed by atoms with Crippen LogP contribution in [0, 0.1) is 5.92 Å². The molecule has 0 saturated carbocycles. The van der Waals surface area contributed by atoms with E-state index in [9.17, 15) is 9.90 Å². The Morgan fingerprint density at radius 1 is 1.75 bits per heavy atom. The van der Waals surface area contributed by atoms with Gasteiger partial charge in [-0.15, -0.1) is 0 Å². The summed E-state index contributed by atoms with van der Waals surface area (Å²) < 4.78 is 4.11. The summed E-state index contributed by atoms with van der Waals surface area (Å²) in [5.74, 6) is 0.243. The highest BCUT2D eigenvalue weighted by atomic mass is 16.7.